The Bertz CT molecular complexity index is 660. The second-order valence-corrected chi connectivity index (χ2v) is 8.69. The molecule has 0 unspecified atom stereocenters. The molecular formula is C18H25N3O3S. The van der Waals surface area contributed by atoms with Crippen LogP contribution in [0.1, 0.15) is 47.6 Å². The number of likely N-dealkylation sites (tertiary alicyclic amines) is 2. The third kappa shape index (κ3) is 3.44. The van der Waals surface area contributed by atoms with Crippen molar-refractivity contribution >= 4 is 23.2 Å². The molecule has 25 heavy (non-hydrogen) atoms. The van der Waals surface area contributed by atoms with E-state index in [1.54, 1.807) is 0 Å². The fraction of sp³-hybridized carbons (Fsp3) is 0.722. The molecule has 2 amide bonds. The van der Waals surface area contributed by atoms with E-state index in [1.165, 1.54) is 11.3 Å². The van der Waals surface area contributed by atoms with Gasteiger partial charge in [0.15, 0.2) is 0 Å². The zero-order valence-electron chi connectivity index (χ0n) is 14.7. The molecule has 0 radical (unpaired) electrons. The van der Waals surface area contributed by atoms with E-state index in [0.29, 0.717) is 12.1 Å². The highest BCUT2D eigenvalue weighted by Crippen LogP contribution is 2.41. The topological polar surface area (TPSA) is 62.7 Å². The first-order valence-electron chi connectivity index (χ1n) is 9.15. The highest BCUT2D eigenvalue weighted by Gasteiger charge is 2.46. The summed E-state index contributed by atoms with van der Waals surface area (Å²) in [5, 5.41) is 2.76. The summed E-state index contributed by atoms with van der Waals surface area (Å²) in [5.74, 6) is 0.283. The first-order valence-corrected chi connectivity index (χ1v) is 10.0. The number of hydrogen-bond donors (Lipinski definition) is 0. The van der Waals surface area contributed by atoms with E-state index in [2.05, 4.69) is 4.98 Å². The number of piperidine rings is 1. The molecule has 3 saturated heterocycles. The largest absolute Gasteiger partial charge is 0.376 e. The van der Waals surface area contributed by atoms with Gasteiger partial charge in [0, 0.05) is 50.0 Å². The first kappa shape index (κ1) is 17.0. The number of carbonyl (C=O) groups excluding carboxylic acids is 2. The van der Waals surface area contributed by atoms with Crippen molar-refractivity contribution in [3.63, 3.8) is 0 Å². The van der Waals surface area contributed by atoms with Crippen molar-refractivity contribution in [1.82, 2.24) is 14.8 Å². The van der Waals surface area contributed by atoms with Gasteiger partial charge in [0.1, 0.15) is 5.69 Å². The summed E-state index contributed by atoms with van der Waals surface area (Å²) in [6.07, 6.45) is 4.80. The first-order chi connectivity index (χ1) is 12.0. The summed E-state index contributed by atoms with van der Waals surface area (Å²) in [6, 6.07) is 0. The van der Waals surface area contributed by atoms with Crippen LogP contribution >= 0.6 is 11.3 Å². The van der Waals surface area contributed by atoms with Crippen LogP contribution in [0.3, 0.4) is 0 Å². The molecule has 1 spiro atoms. The van der Waals surface area contributed by atoms with E-state index in [9.17, 15) is 9.59 Å². The smallest absolute Gasteiger partial charge is 0.273 e. The second-order valence-electron chi connectivity index (χ2n) is 7.63. The molecule has 0 aliphatic carbocycles. The third-order valence-electron chi connectivity index (χ3n) is 5.80. The molecular weight excluding hydrogens is 338 g/mol. The third-order valence-corrected chi connectivity index (χ3v) is 6.58. The number of nitrogens with zero attached hydrogens (tertiary/aromatic N) is 3. The maximum Gasteiger partial charge on any atom is 0.273 e. The number of thiazole rings is 1. The van der Waals surface area contributed by atoms with Crippen molar-refractivity contribution in [2.45, 2.75) is 45.1 Å². The lowest BCUT2D eigenvalue weighted by molar-refractivity contribution is -0.129. The Morgan fingerprint density at radius 1 is 1.44 bits per heavy atom. The minimum absolute atomic E-state index is 0.0275. The molecule has 3 aliphatic rings. The monoisotopic (exact) mass is 363 g/mol. The number of ether oxygens (including phenoxy) is 1. The highest BCUT2D eigenvalue weighted by atomic mass is 32.1. The number of aryl methyl sites for hydroxylation is 1. The number of rotatable bonds is 3. The number of amides is 2. The molecule has 0 aromatic carbocycles. The Morgan fingerprint density at radius 3 is 2.88 bits per heavy atom. The van der Waals surface area contributed by atoms with Gasteiger partial charge in [-0.2, -0.15) is 0 Å². The molecule has 7 heteroatoms. The van der Waals surface area contributed by atoms with E-state index in [-0.39, 0.29) is 23.3 Å². The van der Waals surface area contributed by atoms with Gasteiger partial charge >= 0.3 is 0 Å². The summed E-state index contributed by atoms with van der Waals surface area (Å²) >= 11 is 1.51. The lowest BCUT2D eigenvalue weighted by atomic mass is 9.77. The normalized spacial score (nSPS) is 26.0. The number of aromatic nitrogens is 1. The van der Waals surface area contributed by atoms with Crippen LogP contribution in [-0.4, -0.2) is 65.5 Å². The standard InChI is InChI=1S/C18H25N3O3S/c1-13-19-15(11-25-13)17(23)20-6-4-18(5-7-20)9-16(22)21(12-18)10-14-3-2-8-24-14/h11,14H,2-10,12H2,1H3/t14-/m1/s1. The lowest BCUT2D eigenvalue weighted by Gasteiger charge is -2.38. The molecule has 6 nitrogen and oxygen atoms in total. The van der Waals surface area contributed by atoms with E-state index in [1.807, 2.05) is 22.1 Å². The Balaban J connectivity index is 1.34. The Labute approximate surface area is 152 Å². The Hall–Kier alpha value is -1.47. The van der Waals surface area contributed by atoms with Gasteiger partial charge in [-0.3, -0.25) is 9.59 Å². The van der Waals surface area contributed by atoms with Gasteiger partial charge in [0.25, 0.3) is 5.91 Å². The van der Waals surface area contributed by atoms with Crippen molar-refractivity contribution in [3.05, 3.63) is 16.1 Å². The van der Waals surface area contributed by atoms with Crippen LogP contribution in [0.5, 0.6) is 0 Å². The van der Waals surface area contributed by atoms with Gasteiger partial charge in [0.05, 0.1) is 11.1 Å². The molecule has 1 aromatic heterocycles. The van der Waals surface area contributed by atoms with E-state index < -0.39 is 0 Å². The van der Waals surface area contributed by atoms with Crippen molar-refractivity contribution in [1.29, 1.82) is 0 Å². The predicted molar refractivity (Wildman–Crippen MR) is 94.6 cm³/mol. The van der Waals surface area contributed by atoms with Gasteiger partial charge in [-0.15, -0.1) is 11.3 Å². The van der Waals surface area contributed by atoms with Crippen LogP contribution in [0.2, 0.25) is 0 Å². The Kier molecular flexibility index (Phi) is 4.54. The van der Waals surface area contributed by atoms with Gasteiger partial charge in [-0.25, -0.2) is 4.98 Å². The van der Waals surface area contributed by atoms with Gasteiger partial charge < -0.3 is 14.5 Å². The molecule has 0 bridgehead atoms. The molecule has 1 aromatic rings. The zero-order chi connectivity index (χ0) is 17.4. The highest BCUT2D eigenvalue weighted by molar-refractivity contribution is 7.09. The molecule has 3 aliphatic heterocycles. The minimum Gasteiger partial charge on any atom is -0.376 e. The van der Waals surface area contributed by atoms with Crippen molar-refractivity contribution in [2.24, 2.45) is 5.41 Å². The van der Waals surface area contributed by atoms with Crippen LogP contribution in [-0.2, 0) is 9.53 Å². The Morgan fingerprint density at radius 2 is 2.24 bits per heavy atom. The van der Waals surface area contributed by atoms with Gasteiger partial charge in [-0.1, -0.05) is 0 Å². The predicted octanol–water partition coefficient (Wildman–Crippen LogP) is 2.09. The van der Waals surface area contributed by atoms with Gasteiger partial charge in [-0.05, 0) is 32.6 Å². The summed E-state index contributed by atoms with van der Waals surface area (Å²) < 4.78 is 5.69. The maximum absolute atomic E-state index is 12.6. The van der Waals surface area contributed by atoms with Crippen LogP contribution in [0.15, 0.2) is 5.38 Å². The quantitative estimate of drug-likeness (QED) is 0.825. The number of carbonyl (C=O) groups is 2. The zero-order valence-corrected chi connectivity index (χ0v) is 15.5. The van der Waals surface area contributed by atoms with E-state index in [4.69, 9.17) is 4.74 Å². The second kappa shape index (κ2) is 6.68. The number of hydrogen-bond acceptors (Lipinski definition) is 5. The molecule has 4 rings (SSSR count). The van der Waals surface area contributed by atoms with Crippen molar-refractivity contribution in [2.75, 3.05) is 32.8 Å². The van der Waals surface area contributed by atoms with Crippen molar-refractivity contribution < 1.29 is 14.3 Å². The van der Waals surface area contributed by atoms with Crippen molar-refractivity contribution in [3.8, 4) is 0 Å². The average Bonchev–Trinajstić information content (AvgIpc) is 3.31. The fourth-order valence-corrected chi connectivity index (χ4v) is 4.91. The van der Waals surface area contributed by atoms with E-state index in [0.717, 1.165) is 63.5 Å². The summed E-state index contributed by atoms with van der Waals surface area (Å²) in [5.41, 5.74) is 0.603. The minimum atomic E-state index is 0.0275. The SMILES string of the molecule is Cc1nc(C(=O)N2CCC3(CC2)CC(=O)N(C[C@H]2CCCO2)C3)cs1. The van der Waals surface area contributed by atoms with Crippen LogP contribution in [0.4, 0.5) is 0 Å². The molecule has 136 valence electrons. The van der Waals surface area contributed by atoms with Gasteiger partial charge in [0.2, 0.25) is 5.91 Å². The average molecular weight is 363 g/mol. The molecule has 0 N–H and O–H groups in total. The maximum atomic E-state index is 12.6. The van der Waals surface area contributed by atoms with Crippen LogP contribution in [0.25, 0.3) is 0 Å². The van der Waals surface area contributed by atoms with Crippen LogP contribution in [0, 0.1) is 12.3 Å². The fourth-order valence-electron chi connectivity index (χ4n) is 4.32. The lowest BCUT2D eigenvalue weighted by Crippen LogP contribution is -2.44. The van der Waals surface area contributed by atoms with E-state index >= 15 is 0 Å². The summed E-state index contributed by atoms with van der Waals surface area (Å²) in [6.45, 7) is 5.74. The molecule has 3 fully saturated rings. The van der Waals surface area contributed by atoms with Crippen LogP contribution < -0.4 is 0 Å². The summed E-state index contributed by atoms with van der Waals surface area (Å²) in [4.78, 5) is 33.2. The molecule has 0 saturated carbocycles. The molecule has 1 atom stereocenters. The summed E-state index contributed by atoms with van der Waals surface area (Å²) in [7, 11) is 0. The molecule has 4 heterocycles.